The first-order valence-corrected chi connectivity index (χ1v) is 10.7. The average molecular weight is 424 g/mol. The van der Waals surface area contributed by atoms with Gasteiger partial charge < -0.3 is 15.0 Å². The van der Waals surface area contributed by atoms with Gasteiger partial charge in [0.15, 0.2) is 5.16 Å². The molecule has 3 rings (SSSR count). The minimum Gasteiger partial charge on any atom is -0.494 e. The minimum atomic E-state index is -0.285. The largest absolute Gasteiger partial charge is 0.494 e. The van der Waals surface area contributed by atoms with Crippen molar-refractivity contribution in [2.24, 2.45) is 0 Å². The van der Waals surface area contributed by atoms with E-state index in [0.717, 1.165) is 11.3 Å². The van der Waals surface area contributed by atoms with E-state index in [0.29, 0.717) is 28.7 Å². The van der Waals surface area contributed by atoms with Gasteiger partial charge in [-0.1, -0.05) is 42.1 Å². The summed E-state index contributed by atoms with van der Waals surface area (Å²) in [5.74, 6) is 0.470. The van der Waals surface area contributed by atoms with Crippen LogP contribution in [0.2, 0.25) is 0 Å². The van der Waals surface area contributed by atoms with E-state index in [4.69, 9.17) is 4.74 Å². The lowest BCUT2D eigenvalue weighted by atomic mass is 10.1. The fourth-order valence-corrected chi connectivity index (χ4v) is 3.94. The molecule has 0 radical (unpaired) electrons. The molecule has 1 atom stereocenters. The third kappa shape index (κ3) is 5.73. The third-order valence-electron chi connectivity index (χ3n) is 4.54. The predicted octanol–water partition coefficient (Wildman–Crippen LogP) is 4.51. The SMILES string of the molecule is CCOc1ccc(NC(=O)Cc2c(C)nc(SC(C)c3ccccc3)[nH]c2=O)cc1. The van der Waals surface area contributed by atoms with Crippen molar-refractivity contribution >= 4 is 23.4 Å². The zero-order valence-corrected chi connectivity index (χ0v) is 18.1. The smallest absolute Gasteiger partial charge is 0.255 e. The van der Waals surface area contributed by atoms with Gasteiger partial charge in [0, 0.05) is 22.2 Å². The molecule has 0 saturated carbocycles. The van der Waals surface area contributed by atoms with Gasteiger partial charge in [-0.05, 0) is 50.6 Å². The number of carbonyl (C=O) groups excluding carboxylic acids is 1. The molecule has 0 fully saturated rings. The Morgan fingerprint density at radius 3 is 2.50 bits per heavy atom. The number of aryl methyl sites for hydroxylation is 1. The van der Waals surface area contributed by atoms with Crippen LogP contribution in [-0.4, -0.2) is 22.5 Å². The second kappa shape index (κ2) is 10.1. The number of carbonyl (C=O) groups is 1. The molecule has 1 aromatic heterocycles. The summed E-state index contributed by atoms with van der Waals surface area (Å²) in [6.45, 7) is 6.31. The molecule has 2 aromatic carbocycles. The molecule has 156 valence electrons. The highest BCUT2D eigenvalue weighted by molar-refractivity contribution is 7.99. The molecule has 1 heterocycles. The Hall–Kier alpha value is -3.06. The number of hydrogen-bond donors (Lipinski definition) is 2. The zero-order valence-electron chi connectivity index (χ0n) is 17.3. The molecular weight excluding hydrogens is 398 g/mol. The van der Waals surface area contributed by atoms with E-state index in [1.807, 2.05) is 37.3 Å². The lowest BCUT2D eigenvalue weighted by Gasteiger charge is -2.12. The molecular formula is C23H25N3O3S. The Bertz CT molecular complexity index is 1050. The number of ether oxygens (including phenoxy) is 1. The molecule has 3 aromatic rings. The van der Waals surface area contributed by atoms with Crippen LogP contribution in [0.15, 0.2) is 64.5 Å². The number of amides is 1. The Morgan fingerprint density at radius 2 is 1.87 bits per heavy atom. The van der Waals surface area contributed by atoms with Crippen molar-refractivity contribution in [1.82, 2.24) is 9.97 Å². The quantitative estimate of drug-likeness (QED) is 0.411. The molecule has 6 nitrogen and oxygen atoms in total. The van der Waals surface area contributed by atoms with Gasteiger partial charge in [0.2, 0.25) is 5.91 Å². The van der Waals surface area contributed by atoms with Crippen LogP contribution in [0.25, 0.3) is 0 Å². The summed E-state index contributed by atoms with van der Waals surface area (Å²) in [5, 5.41) is 3.49. The number of aromatic amines is 1. The maximum Gasteiger partial charge on any atom is 0.255 e. The van der Waals surface area contributed by atoms with Crippen molar-refractivity contribution < 1.29 is 9.53 Å². The highest BCUT2D eigenvalue weighted by Gasteiger charge is 2.15. The Morgan fingerprint density at radius 1 is 1.17 bits per heavy atom. The van der Waals surface area contributed by atoms with Crippen LogP contribution >= 0.6 is 11.8 Å². The van der Waals surface area contributed by atoms with Gasteiger partial charge in [-0.15, -0.1) is 0 Å². The predicted molar refractivity (Wildman–Crippen MR) is 120 cm³/mol. The maximum absolute atomic E-state index is 12.6. The van der Waals surface area contributed by atoms with Gasteiger partial charge in [-0.2, -0.15) is 0 Å². The maximum atomic E-state index is 12.6. The molecule has 7 heteroatoms. The summed E-state index contributed by atoms with van der Waals surface area (Å²) in [6, 6.07) is 17.1. The van der Waals surface area contributed by atoms with Crippen LogP contribution in [-0.2, 0) is 11.2 Å². The first-order chi connectivity index (χ1) is 14.5. The molecule has 0 aliphatic carbocycles. The van der Waals surface area contributed by atoms with Crippen LogP contribution in [0.1, 0.15) is 35.9 Å². The summed E-state index contributed by atoms with van der Waals surface area (Å²) < 4.78 is 5.39. The van der Waals surface area contributed by atoms with Gasteiger partial charge in [0.05, 0.1) is 13.0 Å². The topological polar surface area (TPSA) is 84.1 Å². The van der Waals surface area contributed by atoms with E-state index in [2.05, 4.69) is 22.2 Å². The molecule has 30 heavy (non-hydrogen) atoms. The Labute approximate surface area is 180 Å². The average Bonchev–Trinajstić information content (AvgIpc) is 2.73. The van der Waals surface area contributed by atoms with E-state index in [1.54, 1.807) is 31.2 Å². The first-order valence-electron chi connectivity index (χ1n) is 9.80. The molecule has 0 aliphatic heterocycles. The molecule has 0 saturated heterocycles. The zero-order chi connectivity index (χ0) is 21.5. The summed E-state index contributed by atoms with van der Waals surface area (Å²) in [5.41, 5.74) is 2.45. The number of benzene rings is 2. The van der Waals surface area contributed by atoms with Crippen LogP contribution in [0.4, 0.5) is 5.69 Å². The highest BCUT2D eigenvalue weighted by atomic mass is 32.2. The minimum absolute atomic E-state index is 0.0411. The number of nitrogens with one attached hydrogen (secondary N) is 2. The number of H-pyrrole nitrogens is 1. The third-order valence-corrected chi connectivity index (χ3v) is 5.59. The Balaban J connectivity index is 1.66. The second-order valence-corrected chi connectivity index (χ2v) is 8.12. The lowest BCUT2D eigenvalue weighted by molar-refractivity contribution is -0.115. The Kier molecular flexibility index (Phi) is 7.30. The summed E-state index contributed by atoms with van der Waals surface area (Å²) in [6.07, 6.45) is -0.0411. The normalized spacial score (nSPS) is 11.7. The van der Waals surface area contributed by atoms with Gasteiger partial charge in [-0.3, -0.25) is 9.59 Å². The monoisotopic (exact) mass is 423 g/mol. The number of hydrogen-bond acceptors (Lipinski definition) is 5. The van der Waals surface area contributed by atoms with Gasteiger partial charge in [-0.25, -0.2) is 4.98 Å². The fraction of sp³-hybridized carbons (Fsp3) is 0.261. The molecule has 0 bridgehead atoms. The molecule has 0 spiro atoms. The van der Waals surface area contributed by atoms with Crippen molar-refractivity contribution in [1.29, 1.82) is 0 Å². The lowest BCUT2D eigenvalue weighted by Crippen LogP contribution is -2.23. The molecule has 1 amide bonds. The molecule has 2 N–H and O–H groups in total. The number of anilines is 1. The van der Waals surface area contributed by atoms with E-state index in [-0.39, 0.29) is 23.1 Å². The number of aromatic nitrogens is 2. The van der Waals surface area contributed by atoms with Crippen LogP contribution < -0.4 is 15.6 Å². The number of nitrogens with zero attached hydrogens (tertiary/aromatic N) is 1. The molecule has 1 unspecified atom stereocenters. The van der Waals surface area contributed by atoms with Crippen molar-refractivity contribution in [3.05, 3.63) is 81.8 Å². The van der Waals surface area contributed by atoms with Crippen molar-refractivity contribution in [2.75, 3.05) is 11.9 Å². The molecule has 0 aliphatic rings. The van der Waals surface area contributed by atoms with E-state index < -0.39 is 0 Å². The van der Waals surface area contributed by atoms with E-state index >= 15 is 0 Å². The first kappa shape index (κ1) is 21.6. The van der Waals surface area contributed by atoms with Crippen molar-refractivity contribution in [3.8, 4) is 5.75 Å². The van der Waals surface area contributed by atoms with Crippen LogP contribution in [0.5, 0.6) is 5.75 Å². The van der Waals surface area contributed by atoms with E-state index in [9.17, 15) is 9.59 Å². The van der Waals surface area contributed by atoms with Crippen LogP contribution in [0, 0.1) is 6.92 Å². The summed E-state index contributed by atoms with van der Waals surface area (Å²) in [4.78, 5) is 32.3. The summed E-state index contributed by atoms with van der Waals surface area (Å²) >= 11 is 1.48. The number of thioether (sulfide) groups is 1. The van der Waals surface area contributed by atoms with Gasteiger partial charge in [0.1, 0.15) is 5.75 Å². The van der Waals surface area contributed by atoms with Crippen molar-refractivity contribution in [3.63, 3.8) is 0 Å². The standard InChI is InChI=1S/C23H25N3O3S/c1-4-29-19-12-10-18(11-13-19)25-21(27)14-20-15(2)24-23(26-22(20)28)30-16(3)17-8-6-5-7-9-17/h5-13,16H,4,14H2,1-3H3,(H,25,27)(H,24,26,28). The van der Waals surface area contributed by atoms with Gasteiger partial charge in [0.25, 0.3) is 5.56 Å². The van der Waals surface area contributed by atoms with Crippen LogP contribution in [0.3, 0.4) is 0 Å². The fourth-order valence-electron chi connectivity index (χ4n) is 2.98. The second-order valence-electron chi connectivity index (χ2n) is 6.79. The highest BCUT2D eigenvalue weighted by Crippen LogP contribution is 2.32. The summed E-state index contributed by atoms with van der Waals surface area (Å²) in [7, 11) is 0. The van der Waals surface area contributed by atoms with Crippen molar-refractivity contribution in [2.45, 2.75) is 37.6 Å². The van der Waals surface area contributed by atoms with Gasteiger partial charge >= 0.3 is 0 Å². The van der Waals surface area contributed by atoms with E-state index in [1.165, 1.54) is 11.8 Å². The number of rotatable bonds is 8.